The van der Waals surface area contributed by atoms with Gasteiger partial charge in [0.15, 0.2) is 5.96 Å². The molecule has 3 aromatic rings. The Morgan fingerprint density at radius 2 is 1.45 bits per heavy atom. The standard InChI is InChI=1S/C40H55N7O4/c1-7-33(28-44-37(49)34(25-18-26-43-38(41)42)45-36(48)30-19-12-9-13-20-30)47(6)39(50)51-35(8-2)40(27-29(3)46(4)5,31-21-14-10-15-22-31)32-23-16-11-17-24-32/h8-17,19-24,29,33-34H,7,18,25-28H2,1-6H3,(H,44,49)(H,45,48)(H4,41,42,43)/b35-8-. The largest absolute Gasteiger partial charge is 0.414 e. The summed E-state index contributed by atoms with van der Waals surface area (Å²) in [6.45, 7) is 6.51. The lowest BCUT2D eigenvalue weighted by Crippen LogP contribution is -2.51. The zero-order valence-electron chi connectivity index (χ0n) is 30.8. The van der Waals surface area contributed by atoms with Crippen molar-refractivity contribution in [1.82, 2.24) is 25.8 Å². The fourth-order valence-corrected chi connectivity index (χ4v) is 6.09. The third-order valence-corrected chi connectivity index (χ3v) is 9.36. The van der Waals surface area contributed by atoms with E-state index in [2.05, 4.69) is 52.0 Å². The van der Waals surface area contributed by atoms with Crippen LogP contribution in [0.5, 0.6) is 0 Å². The van der Waals surface area contributed by atoms with Gasteiger partial charge in [0.25, 0.3) is 5.91 Å². The van der Waals surface area contributed by atoms with E-state index in [1.807, 2.05) is 76.5 Å². The summed E-state index contributed by atoms with van der Waals surface area (Å²) in [5, 5.41) is 15.9. The number of carbonyl (C=O) groups excluding carboxylic acids is 3. The Morgan fingerprint density at radius 1 is 0.902 bits per heavy atom. The lowest BCUT2D eigenvalue weighted by atomic mass is 9.68. The van der Waals surface area contributed by atoms with E-state index in [1.165, 1.54) is 4.90 Å². The summed E-state index contributed by atoms with van der Waals surface area (Å²) in [5.74, 6) is -0.387. The first-order valence-corrected chi connectivity index (χ1v) is 17.5. The number of nitrogens with two attached hydrogens (primary N) is 1. The minimum absolute atomic E-state index is 0.129. The highest BCUT2D eigenvalue weighted by Gasteiger charge is 2.42. The number of likely N-dealkylation sites (N-methyl/N-ethyl adjacent to an activating group) is 1. The zero-order chi connectivity index (χ0) is 37.4. The predicted octanol–water partition coefficient (Wildman–Crippen LogP) is 5.24. The van der Waals surface area contributed by atoms with Crippen LogP contribution < -0.4 is 21.7 Å². The Labute approximate surface area is 303 Å². The van der Waals surface area contributed by atoms with Gasteiger partial charge in [0, 0.05) is 31.7 Å². The number of allylic oxidation sites excluding steroid dienone is 2. The Hall–Kier alpha value is -5.16. The van der Waals surface area contributed by atoms with E-state index < -0.39 is 23.6 Å². The summed E-state index contributed by atoms with van der Waals surface area (Å²) in [5.41, 5.74) is 7.09. The SMILES string of the molecule is C/C=C(\OC(=O)N(C)C(CC)CNC(=O)C(CCCNC(=N)N)NC(=O)c1ccccc1)C(CC(C)N(C)C)(c1ccccc1)c1ccccc1. The maximum atomic E-state index is 14.0. The van der Waals surface area contributed by atoms with Crippen molar-refractivity contribution in [3.8, 4) is 0 Å². The summed E-state index contributed by atoms with van der Waals surface area (Å²) in [4.78, 5) is 44.2. The predicted molar refractivity (Wildman–Crippen MR) is 203 cm³/mol. The Bertz CT molecular complexity index is 1540. The highest BCUT2D eigenvalue weighted by atomic mass is 16.6. The van der Waals surface area contributed by atoms with E-state index in [9.17, 15) is 14.4 Å². The number of ether oxygens (including phenoxy) is 1. The van der Waals surface area contributed by atoms with E-state index in [0.29, 0.717) is 43.6 Å². The molecule has 0 radical (unpaired) electrons. The van der Waals surface area contributed by atoms with Gasteiger partial charge in [-0.05, 0) is 83.0 Å². The van der Waals surface area contributed by atoms with Crippen molar-refractivity contribution < 1.29 is 19.1 Å². The quantitative estimate of drug-likeness (QED) is 0.0528. The number of guanidine groups is 1. The molecule has 11 heteroatoms. The fraction of sp³-hybridized carbons (Fsp3) is 0.400. The summed E-state index contributed by atoms with van der Waals surface area (Å²) < 4.78 is 6.37. The molecular formula is C40H55N7O4. The van der Waals surface area contributed by atoms with Crippen LogP contribution in [0.15, 0.2) is 103 Å². The molecule has 0 saturated carbocycles. The lowest BCUT2D eigenvalue weighted by Gasteiger charge is -2.40. The molecule has 0 aliphatic rings. The minimum atomic E-state index is -0.841. The fourth-order valence-electron chi connectivity index (χ4n) is 6.09. The topological polar surface area (TPSA) is 153 Å². The van der Waals surface area contributed by atoms with Gasteiger partial charge < -0.3 is 36.2 Å². The summed E-state index contributed by atoms with van der Waals surface area (Å²) in [6, 6.07) is 27.8. The molecule has 0 fully saturated rings. The number of carbonyl (C=O) groups is 3. The van der Waals surface area contributed by atoms with Gasteiger partial charge in [-0.25, -0.2) is 4.79 Å². The average Bonchev–Trinajstić information content (AvgIpc) is 3.14. The molecule has 0 aliphatic heterocycles. The first-order valence-electron chi connectivity index (χ1n) is 17.5. The third-order valence-electron chi connectivity index (χ3n) is 9.36. The molecule has 3 rings (SSSR count). The van der Waals surface area contributed by atoms with E-state index in [4.69, 9.17) is 15.9 Å². The molecule has 0 aromatic heterocycles. The van der Waals surface area contributed by atoms with Crippen molar-refractivity contribution in [3.05, 3.63) is 120 Å². The summed E-state index contributed by atoms with van der Waals surface area (Å²) in [6.07, 6.45) is 3.33. The number of hydrogen-bond acceptors (Lipinski definition) is 6. The Morgan fingerprint density at radius 3 is 1.94 bits per heavy atom. The van der Waals surface area contributed by atoms with Crippen molar-refractivity contribution in [3.63, 3.8) is 0 Å². The second-order valence-corrected chi connectivity index (χ2v) is 13.0. The summed E-state index contributed by atoms with van der Waals surface area (Å²) in [7, 11) is 5.76. The molecule has 0 heterocycles. The van der Waals surface area contributed by atoms with Crippen molar-refractivity contribution in [2.45, 2.75) is 70.0 Å². The number of hydrogen-bond donors (Lipinski definition) is 5. The van der Waals surface area contributed by atoms with Crippen LogP contribution in [0.3, 0.4) is 0 Å². The highest BCUT2D eigenvalue weighted by molar-refractivity contribution is 5.97. The average molecular weight is 698 g/mol. The number of rotatable bonds is 18. The number of nitrogens with one attached hydrogen (secondary N) is 4. The van der Waals surface area contributed by atoms with E-state index in [-0.39, 0.29) is 30.4 Å². The van der Waals surface area contributed by atoms with Crippen LogP contribution in [0.25, 0.3) is 0 Å². The first-order chi connectivity index (χ1) is 24.4. The van der Waals surface area contributed by atoms with Gasteiger partial charge in [0.05, 0.1) is 11.5 Å². The van der Waals surface area contributed by atoms with Crippen LogP contribution in [-0.4, -0.2) is 86.0 Å². The maximum absolute atomic E-state index is 14.0. The molecule has 274 valence electrons. The molecule has 0 aliphatic carbocycles. The Balaban J connectivity index is 1.82. The molecule has 0 bridgehead atoms. The van der Waals surface area contributed by atoms with Gasteiger partial charge in [-0.1, -0.05) is 85.8 Å². The monoisotopic (exact) mass is 697 g/mol. The minimum Gasteiger partial charge on any atom is -0.414 e. The second kappa shape index (κ2) is 19.9. The number of benzene rings is 3. The van der Waals surface area contributed by atoms with E-state index in [1.54, 1.807) is 31.3 Å². The molecule has 3 aromatic carbocycles. The van der Waals surface area contributed by atoms with Gasteiger partial charge >= 0.3 is 6.09 Å². The molecular weight excluding hydrogens is 642 g/mol. The van der Waals surface area contributed by atoms with Gasteiger partial charge in [-0.3, -0.25) is 15.0 Å². The zero-order valence-corrected chi connectivity index (χ0v) is 30.8. The van der Waals surface area contributed by atoms with Crippen molar-refractivity contribution in [2.24, 2.45) is 5.73 Å². The Kier molecular flexibility index (Phi) is 15.7. The van der Waals surface area contributed by atoms with Gasteiger partial charge in [0.1, 0.15) is 11.8 Å². The van der Waals surface area contributed by atoms with Crippen molar-refractivity contribution in [1.29, 1.82) is 5.41 Å². The summed E-state index contributed by atoms with van der Waals surface area (Å²) >= 11 is 0. The normalized spacial score (nSPS) is 13.4. The van der Waals surface area contributed by atoms with Gasteiger partial charge in [-0.2, -0.15) is 0 Å². The molecule has 0 saturated heterocycles. The molecule has 3 amide bonds. The van der Waals surface area contributed by atoms with Crippen LogP contribution in [0.4, 0.5) is 4.79 Å². The second-order valence-electron chi connectivity index (χ2n) is 13.0. The molecule has 3 atom stereocenters. The molecule has 6 N–H and O–H groups in total. The molecule has 51 heavy (non-hydrogen) atoms. The lowest BCUT2D eigenvalue weighted by molar-refractivity contribution is -0.123. The van der Waals surface area contributed by atoms with Gasteiger partial charge in [-0.15, -0.1) is 0 Å². The number of nitrogens with zero attached hydrogens (tertiary/aromatic N) is 2. The van der Waals surface area contributed by atoms with Crippen molar-refractivity contribution >= 4 is 23.9 Å². The van der Waals surface area contributed by atoms with Gasteiger partial charge in [0.2, 0.25) is 5.91 Å². The first kappa shape index (κ1) is 40.3. The van der Waals surface area contributed by atoms with Crippen molar-refractivity contribution in [2.75, 3.05) is 34.2 Å². The van der Waals surface area contributed by atoms with Crippen LogP contribution in [-0.2, 0) is 14.9 Å². The molecule has 11 nitrogen and oxygen atoms in total. The van der Waals surface area contributed by atoms with Crippen LogP contribution >= 0.6 is 0 Å². The number of amides is 3. The highest BCUT2D eigenvalue weighted by Crippen LogP contribution is 2.44. The molecule has 0 spiro atoms. The van der Waals surface area contributed by atoms with E-state index in [0.717, 1.165) is 11.1 Å². The molecule has 3 unspecified atom stereocenters. The van der Waals surface area contributed by atoms with Crippen LogP contribution in [0.2, 0.25) is 0 Å². The maximum Gasteiger partial charge on any atom is 0.414 e. The van der Waals surface area contributed by atoms with Crippen LogP contribution in [0.1, 0.15) is 67.9 Å². The smallest absolute Gasteiger partial charge is 0.414 e. The van der Waals surface area contributed by atoms with Crippen LogP contribution in [0, 0.1) is 5.41 Å². The third kappa shape index (κ3) is 11.2. The van der Waals surface area contributed by atoms with E-state index >= 15 is 0 Å².